The van der Waals surface area contributed by atoms with Gasteiger partial charge in [-0.3, -0.25) is 9.99 Å². The van der Waals surface area contributed by atoms with Crippen molar-refractivity contribution in [3.63, 3.8) is 0 Å². The number of halogens is 7. The smallest absolute Gasteiger partial charge is 0.431 e. The van der Waals surface area contributed by atoms with Crippen molar-refractivity contribution in [1.29, 1.82) is 0 Å². The molecule has 1 aliphatic heterocycles. The van der Waals surface area contributed by atoms with Crippen LogP contribution in [0.15, 0.2) is 66.0 Å². The van der Waals surface area contributed by atoms with E-state index in [-0.39, 0.29) is 16.3 Å². The van der Waals surface area contributed by atoms with Crippen molar-refractivity contribution in [1.82, 2.24) is 9.97 Å². The van der Waals surface area contributed by atoms with Gasteiger partial charge in [0.15, 0.2) is 0 Å². The number of nitrogens with zero attached hydrogens (tertiary/aromatic N) is 4. The fourth-order valence-corrected chi connectivity index (χ4v) is 3.98. The van der Waals surface area contributed by atoms with Crippen LogP contribution in [0.5, 0.6) is 5.88 Å². The highest BCUT2D eigenvalue weighted by atomic mass is 35.5. The Bertz CT molecular complexity index is 1250. The molecule has 0 fully saturated rings. The minimum atomic E-state index is -6.06. The Morgan fingerprint density at radius 3 is 2.17 bits per heavy atom. The van der Waals surface area contributed by atoms with Gasteiger partial charge in [0.2, 0.25) is 5.88 Å². The molecule has 0 spiro atoms. The van der Waals surface area contributed by atoms with Crippen molar-refractivity contribution in [2.24, 2.45) is 5.10 Å². The van der Waals surface area contributed by atoms with E-state index in [9.17, 15) is 31.4 Å². The quantitative estimate of drug-likeness (QED) is 0.412. The molecule has 0 saturated heterocycles. The highest BCUT2D eigenvalue weighted by molar-refractivity contribution is 6.33. The van der Waals surface area contributed by atoms with Crippen LogP contribution >= 0.6 is 11.6 Å². The van der Waals surface area contributed by atoms with E-state index < -0.39 is 36.1 Å². The molecule has 6 nitrogen and oxygen atoms in total. The average Bonchev–Trinajstić information content (AvgIpc) is 3.28. The summed E-state index contributed by atoms with van der Waals surface area (Å²) in [5.41, 5.74) is -5.26. The molecule has 190 valence electrons. The number of ether oxygens (including phenoxy) is 1. The van der Waals surface area contributed by atoms with E-state index in [1.165, 1.54) is 43.8 Å². The lowest BCUT2D eigenvalue weighted by Crippen LogP contribution is -2.62. The summed E-state index contributed by atoms with van der Waals surface area (Å²) in [4.78, 5) is 8.36. The highest BCUT2D eigenvalue weighted by Gasteiger charge is 2.74. The number of anilines is 1. The Hall–Kier alpha value is -3.38. The number of benzene rings is 1. The Morgan fingerprint density at radius 2 is 1.64 bits per heavy atom. The third-order valence-electron chi connectivity index (χ3n) is 5.66. The van der Waals surface area contributed by atoms with Gasteiger partial charge in [-0.15, -0.1) is 0 Å². The molecule has 13 heteroatoms. The van der Waals surface area contributed by atoms with E-state index in [0.717, 1.165) is 5.01 Å². The first-order valence-corrected chi connectivity index (χ1v) is 10.7. The fourth-order valence-electron chi connectivity index (χ4n) is 3.76. The van der Waals surface area contributed by atoms with Gasteiger partial charge in [-0.1, -0.05) is 29.8 Å². The average molecular weight is 531 g/mol. The van der Waals surface area contributed by atoms with Crippen molar-refractivity contribution < 1.29 is 36.2 Å². The molecule has 0 amide bonds. The number of hydrogen-bond acceptors (Lipinski definition) is 6. The third kappa shape index (κ3) is 4.46. The second kappa shape index (κ2) is 9.25. The Labute approximate surface area is 205 Å². The summed E-state index contributed by atoms with van der Waals surface area (Å²) in [6.07, 6.45) is -10.2. The van der Waals surface area contributed by atoms with E-state index in [1.54, 1.807) is 24.3 Å². The number of hydrazone groups is 1. The lowest BCUT2D eigenvalue weighted by molar-refractivity contribution is -0.338. The van der Waals surface area contributed by atoms with E-state index in [2.05, 4.69) is 15.1 Å². The second-order valence-corrected chi connectivity index (χ2v) is 8.24. The van der Waals surface area contributed by atoms with E-state index in [4.69, 9.17) is 16.3 Å². The first-order valence-electron chi connectivity index (χ1n) is 10.3. The van der Waals surface area contributed by atoms with Crippen LogP contribution in [0.25, 0.3) is 11.3 Å². The SMILES string of the molecule is COc1ccc(-c2ccc(C3CC(C(O)(C(F)(F)F)C(F)(F)F)=NN3c3ccccc3Cl)cn2)cn1. The molecule has 2 aromatic heterocycles. The van der Waals surface area contributed by atoms with Crippen LogP contribution in [0.2, 0.25) is 5.02 Å². The minimum Gasteiger partial charge on any atom is -0.481 e. The Kier molecular flexibility index (Phi) is 6.60. The largest absolute Gasteiger partial charge is 0.481 e. The van der Waals surface area contributed by atoms with Crippen LogP contribution in [0.4, 0.5) is 32.0 Å². The van der Waals surface area contributed by atoms with Gasteiger partial charge in [0.25, 0.3) is 5.60 Å². The molecule has 4 rings (SSSR count). The van der Waals surface area contributed by atoms with Crippen LogP contribution in [0.3, 0.4) is 0 Å². The maximum Gasteiger partial charge on any atom is 0.431 e. The van der Waals surface area contributed by atoms with Crippen LogP contribution in [0, 0.1) is 0 Å². The number of methoxy groups -OCH3 is 1. The van der Waals surface area contributed by atoms with Gasteiger partial charge in [0.05, 0.1) is 35.3 Å². The molecule has 36 heavy (non-hydrogen) atoms. The molecule has 0 bridgehead atoms. The summed E-state index contributed by atoms with van der Waals surface area (Å²) in [7, 11) is 1.45. The number of hydrogen-bond donors (Lipinski definition) is 1. The molecular weight excluding hydrogens is 514 g/mol. The first kappa shape index (κ1) is 25.7. The molecule has 1 unspecified atom stereocenters. The van der Waals surface area contributed by atoms with Gasteiger partial charge in [0, 0.05) is 30.4 Å². The zero-order chi connectivity index (χ0) is 26.3. The van der Waals surface area contributed by atoms with Crippen molar-refractivity contribution in [3.8, 4) is 17.1 Å². The van der Waals surface area contributed by atoms with Crippen molar-refractivity contribution in [2.45, 2.75) is 30.4 Å². The molecule has 0 aliphatic carbocycles. The van der Waals surface area contributed by atoms with Crippen LogP contribution in [0.1, 0.15) is 18.0 Å². The summed E-state index contributed by atoms with van der Waals surface area (Å²) in [6.45, 7) is 0. The summed E-state index contributed by atoms with van der Waals surface area (Å²) < 4.78 is 86.4. The van der Waals surface area contributed by atoms with E-state index in [0.29, 0.717) is 17.1 Å². The van der Waals surface area contributed by atoms with Gasteiger partial charge >= 0.3 is 12.4 Å². The van der Waals surface area contributed by atoms with Crippen LogP contribution < -0.4 is 9.75 Å². The molecule has 1 atom stereocenters. The maximum atomic E-state index is 13.6. The zero-order valence-electron chi connectivity index (χ0n) is 18.3. The molecule has 3 aromatic rings. The second-order valence-electron chi connectivity index (χ2n) is 7.83. The number of para-hydroxylation sites is 1. The molecule has 1 aromatic carbocycles. The monoisotopic (exact) mass is 530 g/mol. The molecule has 0 saturated carbocycles. The predicted octanol–water partition coefficient (Wildman–Crippen LogP) is 5.97. The lowest BCUT2D eigenvalue weighted by atomic mass is 9.90. The molecule has 0 radical (unpaired) electrons. The molecule has 1 aliphatic rings. The Balaban J connectivity index is 1.76. The lowest BCUT2D eigenvalue weighted by Gasteiger charge is -2.32. The molecule has 1 N–H and O–H groups in total. The van der Waals surface area contributed by atoms with Crippen molar-refractivity contribution in [3.05, 3.63) is 71.5 Å². The van der Waals surface area contributed by atoms with Gasteiger partial charge in [-0.25, -0.2) is 4.98 Å². The van der Waals surface area contributed by atoms with Gasteiger partial charge < -0.3 is 9.84 Å². The van der Waals surface area contributed by atoms with Gasteiger partial charge in [0.1, 0.15) is 0 Å². The normalized spacial score (nSPS) is 16.8. The predicted molar refractivity (Wildman–Crippen MR) is 120 cm³/mol. The summed E-state index contributed by atoms with van der Waals surface area (Å²) >= 11 is 6.18. The minimum absolute atomic E-state index is 0.0453. The third-order valence-corrected chi connectivity index (χ3v) is 5.98. The molecular formula is C23H17ClF6N4O2. The number of alkyl halides is 6. The van der Waals surface area contributed by atoms with Crippen molar-refractivity contribution >= 4 is 23.0 Å². The number of aliphatic hydroxyl groups is 1. The van der Waals surface area contributed by atoms with Gasteiger partial charge in [-0.05, 0) is 29.8 Å². The zero-order valence-corrected chi connectivity index (χ0v) is 19.1. The summed E-state index contributed by atoms with van der Waals surface area (Å²) in [6, 6.07) is 11.0. The number of pyridine rings is 2. The van der Waals surface area contributed by atoms with Gasteiger partial charge in [-0.2, -0.15) is 31.4 Å². The van der Waals surface area contributed by atoms with E-state index >= 15 is 0 Å². The Morgan fingerprint density at radius 1 is 0.944 bits per heavy atom. The maximum absolute atomic E-state index is 13.6. The fraction of sp³-hybridized carbons (Fsp3) is 0.261. The van der Waals surface area contributed by atoms with Crippen LogP contribution in [-0.4, -0.2) is 45.8 Å². The molecule has 3 heterocycles. The highest BCUT2D eigenvalue weighted by Crippen LogP contribution is 2.49. The summed E-state index contributed by atoms with van der Waals surface area (Å²) in [5, 5.41) is 14.5. The number of rotatable bonds is 5. The topological polar surface area (TPSA) is 70.8 Å². The summed E-state index contributed by atoms with van der Waals surface area (Å²) in [5.74, 6) is 0.378. The van der Waals surface area contributed by atoms with Crippen molar-refractivity contribution in [2.75, 3.05) is 12.1 Å². The van der Waals surface area contributed by atoms with Crippen LogP contribution in [-0.2, 0) is 0 Å². The standard InChI is InChI=1S/C23H17ClF6N4O2/c1-36-20-9-7-13(11-32-20)16-8-6-14(12-31-16)18-10-19(21(35,22(25,26)27)23(28,29)30)33-34(18)17-5-3-2-4-15(17)24/h2-9,11-12,18,35H,10H2,1H3. The van der Waals surface area contributed by atoms with E-state index in [1.807, 2.05) is 0 Å². The number of aromatic nitrogens is 2. The first-order chi connectivity index (χ1) is 16.9.